The van der Waals surface area contributed by atoms with E-state index in [1.54, 1.807) is 12.5 Å². The maximum absolute atomic E-state index is 5.69. The molecule has 0 saturated carbocycles. The van der Waals surface area contributed by atoms with Crippen LogP contribution in [0.1, 0.15) is 5.56 Å². The standard InChI is InChI=1S/C9H10N8/c10-7-5(2-16-17-7)1-11-8-6-9(13-3-12-6)15-4-14-8/h2-4H,1H2,(H3,10,16,17)(H2,11,12,13,14,15). The maximum atomic E-state index is 5.69. The molecule has 3 aromatic rings. The van der Waals surface area contributed by atoms with Crippen molar-refractivity contribution in [3.8, 4) is 0 Å². The number of nitrogens with zero attached hydrogens (tertiary/aromatic N) is 4. The molecule has 0 aliphatic rings. The van der Waals surface area contributed by atoms with Gasteiger partial charge in [0.2, 0.25) is 0 Å². The first-order valence-corrected chi connectivity index (χ1v) is 5.00. The van der Waals surface area contributed by atoms with Gasteiger partial charge >= 0.3 is 0 Å². The second-order valence-electron chi connectivity index (χ2n) is 3.49. The van der Waals surface area contributed by atoms with E-state index in [0.717, 1.165) is 11.1 Å². The van der Waals surface area contributed by atoms with Crippen LogP contribution >= 0.6 is 0 Å². The summed E-state index contributed by atoms with van der Waals surface area (Å²) in [6, 6.07) is 0. The number of H-pyrrole nitrogens is 2. The predicted molar refractivity (Wildman–Crippen MR) is 62.0 cm³/mol. The topological polar surface area (TPSA) is 121 Å². The van der Waals surface area contributed by atoms with Crippen molar-refractivity contribution in [1.29, 1.82) is 0 Å². The van der Waals surface area contributed by atoms with E-state index in [1.807, 2.05) is 0 Å². The van der Waals surface area contributed by atoms with Crippen molar-refractivity contribution in [2.75, 3.05) is 11.1 Å². The summed E-state index contributed by atoms with van der Waals surface area (Å²) in [5.74, 6) is 1.24. The van der Waals surface area contributed by atoms with Crippen LogP contribution in [0.4, 0.5) is 11.6 Å². The number of nitrogens with one attached hydrogen (secondary N) is 3. The molecule has 0 fully saturated rings. The van der Waals surface area contributed by atoms with Crippen LogP contribution in [0.3, 0.4) is 0 Å². The molecule has 3 aromatic heterocycles. The number of anilines is 2. The molecule has 0 spiro atoms. The Balaban J connectivity index is 1.86. The zero-order valence-corrected chi connectivity index (χ0v) is 8.81. The Morgan fingerprint density at radius 2 is 2.24 bits per heavy atom. The molecule has 17 heavy (non-hydrogen) atoms. The fraction of sp³-hybridized carbons (Fsp3) is 0.111. The van der Waals surface area contributed by atoms with Crippen LogP contribution in [0.5, 0.6) is 0 Å². The van der Waals surface area contributed by atoms with Crippen molar-refractivity contribution < 1.29 is 0 Å². The molecule has 0 saturated heterocycles. The summed E-state index contributed by atoms with van der Waals surface area (Å²) in [4.78, 5) is 15.2. The van der Waals surface area contributed by atoms with Gasteiger partial charge in [0.15, 0.2) is 11.5 Å². The third-order valence-electron chi connectivity index (χ3n) is 2.42. The first-order valence-electron chi connectivity index (χ1n) is 5.00. The molecule has 0 radical (unpaired) electrons. The lowest BCUT2D eigenvalue weighted by Gasteiger charge is -2.04. The van der Waals surface area contributed by atoms with E-state index < -0.39 is 0 Å². The van der Waals surface area contributed by atoms with Crippen molar-refractivity contribution >= 4 is 22.8 Å². The molecule has 86 valence electrons. The second kappa shape index (κ2) is 3.74. The van der Waals surface area contributed by atoms with Crippen LogP contribution in [-0.2, 0) is 6.54 Å². The van der Waals surface area contributed by atoms with Crippen LogP contribution in [0, 0.1) is 0 Å². The highest BCUT2D eigenvalue weighted by Crippen LogP contribution is 2.16. The summed E-state index contributed by atoms with van der Waals surface area (Å²) in [6.07, 6.45) is 4.72. The van der Waals surface area contributed by atoms with E-state index in [0.29, 0.717) is 23.8 Å². The number of fused-ring (bicyclic) bond motifs is 1. The van der Waals surface area contributed by atoms with Gasteiger partial charge in [-0.05, 0) is 0 Å². The van der Waals surface area contributed by atoms with E-state index in [9.17, 15) is 0 Å². The Morgan fingerprint density at radius 1 is 1.29 bits per heavy atom. The molecule has 5 N–H and O–H groups in total. The van der Waals surface area contributed by atoms with Gasteiger partial charge in [-0.15, -0.1) is 0 Å². The van der Waals surface area contributed by atoms with E-state index in [1.165, 1.54) is 6.33 Å². The van der Waals surface area contributed by atoms with E-state index >= 15 is 0 Å². The minimum Gasteiger partial charge on any atom is -0.384 e. The van der Waals surface area contributed by atoms with Crippen LogP contribution < -0.4 is 11.1 Å². The molecular weight excluding hydrogens is 220 g/mol. The molecule has 0 amide bonds. The summed E-state index contributed by atoms with van der Waals surface area (Å²) in [5, 5.41) is 9.67. The van der Waals surface area contributed by atoms with Gasteiger partial charge in [-0.1, -0.05) is 0 Å². The van der Waals surface area contributed by atoms with Gasteiger partial charge < -0.3 is 16.0 Å². The lowest BCUT2D eigenvalue weighted by Crippen LogP contribution is -2.03. The molecule has 3 heterocycles. The fourth-order valence-corrected chi connectivity index (χ4v) is 1.54. The second-order valence-corrected chi connectivity index (χ2v) is 3.49. The van der Waals surface area contributed by atoms with Gasteiger partial charge in [-0.3, -0.25) is 5.10 Å². The number of hydrogen-bond donors (Lipinski definition) is 4. The number of imidazole rings is 1. The molecule has 8 heteroatoms. The van der Waals surface area contributed by atoms with Gasteiger partial charge in [0.05, 0.1) is 12.5 Å². The zero-order chi connectivity index (χ0) is 11.7. The van der Waals surface area contributed by atoms with E-state index in [2.05, 4.69) is 35.5 Å². The average molecular weight is 230 g/mol. The number of aromatic nitrogens is 6. The minimum atomic E-state index is 0.535. The predicted octanol–water partition coefficient (Wildman–Crippen LogP) is 0.270. The maximum Gasteiger partial charge on any atom is 0.182 e. The Morgan fingerprint density at radius 3 is 3.06 bits per heavy atom. The Labute approximate surface area is 95.7 Å². The summed E-state index contributed by atoms with van der Waals surface area (Å²) < 4.78 is 0. The molecule has 0 atom stereocenters. The fourth-order valence-electron chi connectivity index (χ4n) is 1.54. The van der Waals surface area contributed by atoms with Crippen LogP contribution in [0.25, 0.3) is 11.2 Å². The monoisotopic (exact) mass is 230 g/mol. The van der Waals surface area contributed by atoms with Crippen LogP contribution in [-0.4, -0.2) is 30.1 Å². The van der Waals surface area contributed by atoms with Gasteiger partial charge in [-0.2, -0.15) is 5.10 Å². The van der Waals surface area contributed by atoms with E-state index in [4.69, 9.17) is 5.73 Å². The largest absolute Gasteiger partial charge is 0.384 e. The number of aromatic amines is 2. The van der Waals surface area contributed by atoms with Gasteiger partial charge in [0, 0.05) is 12.1 Å². The van der Waals surface area contributed by atoms with Crippen molar-refractivity contribution in [3.05, 3.63) is 24.4 Å². The third kappa shape index (κ3) is 1.65. The van der Waals surface area contributed by atoms with Crippen molar-refractivity contribution in [3.63, 3.8) is 0 Å². The number of rotatable bonds is 3. The molecule has 0 unspecified atom stereocenters. The molecule has 8 nitrogen and oxygen atoms in total. The third-order valence-corrected chi connectivity index (χ3v) is 2.42. The highest BCUT2D eigenvalue weighted by molar-refractivity contribution is 5.81. The lowest BCUT2D eigenvalue weighted by molar-refractivity contribution is 1.10. The number of nitrogens with two attached hydrogens (primary N) is 1. The molecule has 0 aromatic carbocycles. The smallest absolute Gasteiger partial charge is 0.182 e. The Kier molecular flexibility index (Phi) is 2.11. The summed E-state index contributed by atoms with van der Waals surface area (Å²) in [7, 11) is 0. The zero-order valence-electron chi connectivity index (χ0n) is 8.81. The minimum absolute atomic E-state index is 0.535. The van der Waals surface area contributed by atoms with Crippen LogP contribution in [0.2, 0.25) is 0 Å². The first kappa shape index (κ1) is 9.58. The van der Waals surface area contributed by atoms with E-state index in [-0.39, 0.29) is 0 Å². The normalized spacial score (nSPS) is 10.8. The van der Waals surface area contributed by atoms with Gasteiger partial charge in [0.1, 0.15) is 17.7 Å². The molecular formula is C9H10N8. The highest BCUT2D eigenvalue weighted by atomic mass is 15.2. The quantitative estimate of drug-likeness (QED) is 0.512. The Bertz CT molecular complexity index is 639. The van der Waals surface area contributed by atoms with Crippen molar-refractivity contribution in [2.45, 2.75) is 6.54 Å². The molecule has 3 rings (SSSR count). The van der Waals surface area contributed by atoms with Crippen LogP contribution in [0.15, 0.2) is 18.9 Å². The highest BCUT2D eigenvalue weighted by Gasteiger charge is 2.06. The molecule has 0 bridgehead atoms. The van der Waals surface area contributed by atoms with Gasteiger partial charge in [-0.25, -0.2) is 15.0 Å². The Hall–Kier alpha value is -2.64. The van der Waals surface area contributed by atoms with Crippen molar-refractivity contribution in [2.24, 2.45) is 0 Å². The summed E-state index contributed by atoms with van der Waals surface area (Å²) >= 11 is 0. The SMILES string of the molecule is Nc1[nH]ncc1CNc1ncnc2nc[nH]c12. The number of hydrogen-bond acceptors (Lipinski definition) is 6. The lowest BCUT2D eigenvalue weighted by atomic mass is 10.3. The van der Waals surface area contributed by atoms with Gasteiger partial charge in [0.25, 0.3) is 0 Å². The summed E-state index contributed by atoms with van der Waals surface area (Å²) in [6.45, 7) is 0.535. The average Bonchev–Trinajstić information content (AvgIpc) is 2.95. The number of nitrogen functional groups attached to an aromatic ring is 1. The van der Waals surface area contributed by atoms with Crippen molar-refractivity contribution in [1.82, 2.24) is 30.1 Å². The summed E-state index contributed by atoms with van der Waals surface area (Å²) in [5.41, 5.74) is 7.97. The first-order chi connectivity index (χ1) is 8.34. The molecule has 0 aliphatic heterocycles. The molecule has 0 aliphatic carbocycles.